The van der Waals surface area contributed by atoms with Crippen LogP contribution in [0, 0.1) is 11.8 Å². The van der Waals surface area contributed by atoms with Crippen LogP contribution in [0.5, 0.6) is 5.75 Å². The first-order valence-electron chi connectivity index (χ1n) is 10.9. The Morgan fingerprint density at radius 3 is 2.47 bits per heavy atom. The molecule has 0 unspecified atom stereocenters. The Morgan fingerprint density at radius 1 is 1.17 bits per heavy atom. The summed E-state index contributed by atoms with van der Waals surface area (Å²) in [6.45, 7) is 7.13. The summed E-state index contributed by atoms with van der Waals surface area (Å²) in [5.74, 6) is 1.59. The summed E-state index contributed by atoms with van der Waals surface area (Å²) in [6.07, 6.45) is 2.71. The van der Waals surface area contributed by atoms with Crippen molar-refractivity contribution in [3.8, 4) is 5.75 Å². The highest BCUT2D eigenvalue weighted by molar-refractivity contribution is 6.30. The van der Waals surface area contributed by atoms with Gasteiger partial charge in [0.05, 0.1) is 13.2 Å². The van der Waals surface area contributed by atoms with E-state index in [-0.39, 0.29) is 17.9 Å². The second-order valence-corrected chi connectivity index (χ2v) is 9.08. The molecule has 30 heavy (non-hydrogen) atoms. The minimum Gasteiger partial charge on any atom is -0.497 e. The zero-order chi connectivity index (χ0) is 21.5. The van der Waals surface area contributed by atoms with Gasteiger partial charge in [0.25, 0.3) is 0 Å². The minimum atomic E-state index is 0.0351. The zero-order valence-electron chi connectivity index (χ0n) is 18.2. The molecule has 0 spiro atoms. The highest BCUT2D eigenvalue weighted by atomic mass is 35.5. The molecule has 1 atom stereocenters. The average Bonchev–Trinajstić information content (AvgIpc) is 2.73. The van der Waals surface area contributed by atoms with Crippen molar-refractivity contribution in [3.63, 3.8) is 0 Å². The number of nitrogens with one attached hydrogen (secondary N) is 1. The third kappa shape index (κ3) is 6.48. The molecule has 162 valence electrons. The smallest absolute Gasteiger partial charge is 0.223 e. The van der Waals surface area contributed by atoms with Crippen molar-refractivity contribution >= 4 is 17.5 Å². The van der Waals surface area contributed by atoms with E-state index in [0.29, 0.717) is 5.92 Å². The maximum Gasteiger partial charge on any atom is 0.223 e. The van der Waals surface area contributed by atoms with E-state index >= 15 is 0 Å². The Morgan fingerprint density at radius 2 is 1.87 bits per heavy atom. The SMILES string of the molecule is COc1ccc([C@@H](CC(C)C)NC(=O)C2CCN(Cc3cccc(Cl)c3)CC2)cc1. The molecule has 1 amide bonds. The molecule has 0 bridgehead atoms. The van der Waals surface area contributed by atoms with Crippen LogP contribution < -0.4 is 10.1 Å². The number of hydrogen-bond donors (Lipinski definition) is 1. The Balaban J connectivity index is 1.55. The predicted molar refractivity (Wildman–Crippen MR) is 123 cm³/mol. The van der Waals surface area contributed by atoms with Crippen molar-refractivity contribution in [3.05, 3.63) is 64.7 Å². The van der Waals surface area contributed by atoms with E-state index < -0.39 is 0 Å². The highest BCUT2D eigenvalue weighted by Gasteiger charge is 2.27. The highest BCUT2D eigenvalue weighted by Crippen LogP contribution is 2.26. The third-order valence-corrected chi connectivity index (χ3v) is 6.03. The first-order chi connectivity index (χ1) is 14.4. The van der Waals surface area contributed by atoms with Gasteiger partial charge in [0, 0.05) is 17.5 Å². The first kappa shape index (κ1) is 22.6. The molecule has 4 nitrogen and oxygen atoms in total. The van der Waals surface area contributed by atoms with Gasteiger partial charge in [0.15, 0.2) is 0 Å². The number of nitrogens with zero attached hydrogens (tertiary/aromatic N) is 1. The standard InChI is InChI=1S/C25H33ClN2O2/c1-18(2)15-24(20-7-9-23(30-3)10-8-20)27-25(29)21-11-13-28(14-12-21)17-19-5-4-6-22(26)16-19/h4-10,16,18,21,24H,11-15,17H2,1-3H3,(H,27,29)/t24-/m1/s1. The molecule has 0 aliphatic carbocycles. The van der Waals surface area contributed by atoms with E-state index in [1.54, 1.807) is 7.11 Å². The lowest BCUT2D eigenvalue weighted by atomic mass is 9.92. The van der Waals surface area contributed by atoms with Crippen LogP contribution in [-0.2, 0) is 11.3 Å². The molecule has 3 rings (SSSR count). The molecule has 1 fully saturated rings. The molecule has 1 aliphatic heterocycles. The van der Waals surface area contributed by atoms with Gasteiger partial charge in [-0.2, -0.15) is 0 Å². The summed E-state index contributed by atoms with van der Waals surface area (Å²) in [5.41, 5.74) is 2.36. The largest absolute Gasteiger partial charge is 0.497 e. The van der Waals surface area contributed by atoms with Crippen LogP contribution in [0.2, 0.25) is 5.02 Å². The molecule has 1 aliphatic rings. The number of ether oxygens (including phenoxy) is 1. The lowest BCUT2D eigenvalue weighted by Gasteiger charge is -2.32. The molecule has 2 aromatic carbocycles. The van der Waals surface area contributed by atoms with Crippen molar-refractivity contribution in [2.75, 3.05) is 20.2 Å². The maximum absolute atomic E-state index is 13.0. The van der Waals surface area contributed by atoms with E-state index in [1.165, 1.54) is 5.56 Å². The number of amides is 1. The number of halogens is 1. The van der Waals surface area contributed by atoms with Crippen LogP contribution in [0.1, 0.15) is 50.3 Å². The van der Waals surface area contributed by atoms with Gasteiger partial charge in [0.1, 0.15) is 5.75 Å². The number of piperidine rings is 1. The van der Waals surface area contributed by atoms with E-state index in [4.69, 9.17) is 16.3 Å². The molecule has 1 N–H and O–H groups in total. The van der Waals surface area contributed by atoms with E-state index in [1.807, 2.05) is 30.3 Å². The van der Waals surface area contributed by atoms with Gasteiger partial charge in [-0.3, -0.25) is 9.69 Å². The van der Waals surface area contributed by atoms with Crippen LogP contribution in [0.4, 0.5) is 0 Å². The summed E-state index contributed by atoms with van der Waals surface area (Å²) < 4.78 is 5.27. The second-order valence-electron chi connectivity index (χ2n) is 8.64. The molecular formula is C25H33ClN2O2. The number of rotatable bonds is 8. The van der Waals surface area contributed by atoms with Crippen LogP contribution in [-0.4, -0.2) is 31.0 Å². The fraction of sp³-hybridized carbons (Fsp3) is 0.480. The quantitative estimate of drug-likeness (QED) is 0.606. The first-order valence-corrected chi connectivity index (χ1v) is 11.2. The second kappa shape index (κ2) is 10.8. The van der Waals surface area contributed by atoms with Gasteiger partial charge < -0.3 is 10.1 Å². The van der Waals surface area contributed by atoms with Gasteiger partial charge in [0.2, 0.25) is 5.91 Å². The molecule has 2 aromatic rings. The fourth-order valence-corrected chi connectivity index (χ4v) is 4.34. The summed E-state index contributed by atoms with van der Waals surface area (Å²) in [4.78, 5) is 15.4. The Bertz CT molecular complexity index is 814. The molecule has 0 radical (unpaired) electrons. The van der Waals surface area contributed by atoms with Gasteiger partial charge in [-0.1, -0.05) is 49.7 Å². The van der Waals surface area contributed by atoms with E-state index in [0.717, 1.165) is 55.2 Å². The number of likely N-dealkylation sites (tertiary alicyclic amines) is 1. The summed E-state index contributed by atoms with van der Waals surface area (Å²) in [5, 5.41) is 4.10. The lowest BCUT2D eigenvalue weighted by Crippen LogP contribution is -2.41. The van der Waals surface area contributed by atoms with Crippen molar-refractivity contribution in [1.82, 2.24) is 10.2 Å². The molecular weight excluding hydrogens is 396 g/mol. The minimum absolute atomic E-state index is 0.0351. The average molecular weight is 429 g/mol. The normalized spacial score (nSPS) is 16.4. The summed E-state index contributed by atoms with van der Waals surface area (Å²) >= 11 is 6.10. The van der Waals surface area contributed by atoms with E-state index in [9.17, 15) is 4.79 Å². The van der Waals surface area contributed by atoms with Crippen LogP contribution in [0.3, 0.4) is 0 Å². The van der Waals surface area contributed by atoms with E-state index in [2.05, 4.69) is 42.3 Å². The molecule has 0 aromatic heterocycles. The van der Waals surface area contributed by atoms with Gasteiger partial charge in [-0.05, 0) is 73.7 Å². The van der Waals surface area contributed by atoms with Crippen LogP contribution in [0.15, 0.2) is 48.5 Å². The fourth-order valence-electron chi connectivity index (χ4n) is 4.12. The Hall–Kier alpha value is -2.04. The third-order valence-electron chi connectivity index (χ3n) is 5.80. The zero-order valence-corrected chi connectivity index (χ0v) is 19.0. The number of methoxy groups -OCH3 is 1. The molecule has 5 heteroatoms. The summed E-state index contributed by atoms with van der Waals surface area (Å²) in [7, 11) is 1.67. The number of carbonyl (C=O) groups is 1. The van der Waals surface area contributed by atoms with Gasteiger partial charge in [-0.15, -0.1) is 0 Å². The lowest BCUT2D eigenvalue weighted by molar-refractivity contribution is -0.127. The van der Waals surface area contributed by atoms with Gasteiger partial charge >= 0.3 is 0 Å². The van der Waals surface area contributed by atoms with Crippen LogP contribution in [0.25, 0.3) is 0 Å². The Kier molecular flexibility index (Phi) is 8.17. The van der Waals surface area contributed by atoms with Gasteiger partial charge in [-0.25, -0.2) is 0 Å². The Labute approximate surface area is 185 Å². The molecule has 1 heterocycles. The van der Waals surface area contributed by atoms with Crippen molar-refractivity contribution in [1.29, 1.82) is 0 Å². The van der Waals surface area contributed by atoms with Crippen LogP contribution >= 0.6 is 11.6 Å². The molecule has 0 saturated carbocycles. The maximum atomic E-state index is 13.0. The number of carbonyl (C=O) groups excluding carboxylic acids is 1. The van der Waals surface area contributed by atoms with Crippen molar-refractivity contribution < 1.29 is 9.53 Å². The topological polar surface area (TPSA) is 41.6 Å². The number of hydrogen-bond acceptors (Lipinski definition) is 3. The van der Waals surface area contributed by atoms with Crippen molar-refractivity contribution in [2.45, 2.75) is 45.7 Å². The summed E-state index contributed by atoms with van der Waals surface area (Å²) in [6, 6.07) is 16.1. The molecule has 1 saturated heterocycles. The predicted octanol–water partition coefficient (Wildman–Crippen LogP) is 5.46. The number of benzene rings is 2. The monoisotopic (exact) mass is 428 g/mol. The van der Waals surface area contributed by atoms with Crippen molar-refractivity contribution in [2.24, 2.45) is 11.8 Å².